The van der Waals surface area contributed by atoms with E-state index in [4.69, 9.17) is 9.47 Å². The fourth-order valence-corrected chi connectivity index (χ4v) is 2.24. The second-order valence-corrected chi connectivity index (χ2v) is 5.81. The van der Waals surface area contributed by atoms with E-state index < -0.39 is 17.9 Å². The smallest absolute Gasteiger partial charge is 0.345 e. The summed E-state index contributed by atoms with van der Waals surface area (Å²) >= 11 is 0. The Bertz CT molecular complexity index is 729. The van der Waals surface area contributed by atoms with Crippen LogP contribution in [0.3, 0.4) is 0 Å². The lowest BCUT2D eigenvalue weighted by Gasteiger charge is -2.18. The van der Waals surface area contributed by atoms with Gasteiger partial charge >= 0.3 is 5.97 Å². The molecule has 1 amide bonds. The molecule has 0 aromatic heterocycles. The predicted molar refractivity (Wildman–Crippen MR) is 88.3 cm³/mol. The first kappa shape index (κ1) is 17.0. The van der Waals surface area contributed by atoms with Crippen molar-refractivity contribution in [1.82, 2.24) is 5.32 Å². The molecule has 0 heterocycles. The molecule has 1 aliphatic rings. The minimum absolute atomic E-state index is 0.160. The van der Waals surface area contributed by atoms with Crippen molar-refractivity contribution < 1.29 is 23.5 Å². The number of hydrogen-bond donors (Lipinski definition) is 1. The Labute approximate surface area is 144 Å². The summed E-state index contributed by atoms with van der Waals surface area (Å²) in [4.78, 5) is 24.4. The van der Waals surface area contributed by atoms with Gasteiger partial charge in [0.25, 0.3) is 5.91 Å². The highest BCUT2D eigenvalue weighted by Gasteiger charge is 2.30. The van der Waals surface area contributed by atoms with Gasteiger partial charge in [-0.2, -0.15) is 0 Å². The summed E-state index contributed by atoms with van der Waals surface area (Å²) in [6, 6.07) is 14.3. The molecular weight excluding hydrogens is 325 g/mol. The third-order valence-corrected chi connectivity index (χ3v) is 3.68. The van der Waals surface area contributed by atoms with E-state index in [0.717, 1.165) is 12.8 Å². The quantitative estimate of drug-likeness (QED) is 0.785. The molecule has 0 radical (unpaired) electrons. The van der Waals surface area contributed by atoms with Gasteiger partial charge in [-0.25, -0.2) is 9.18 Å². The van der Waals surface area contributed by atoms with Gasteiger partial charge in [0.2, 0.25) is 6.10 Å². The Hall–Kier alpha value is -2.89. The molecule has 0 aliphatic heterocycles. The van der Waals surface area contributed by atoms with Gasteiger partial charge in [-0.05, 0) is 37.1 Å². The number of rotatable bonds is 7. The van der Waals surface area contributed by atoms with Crippen LogP contribution in [0.15, 0.2) is 54.6 Å². The fourth-order valence-electron chi connectivity index (χ4n) is 2.24. The predicted octanol–water partition coefficient (Wildman–Crippen LogP) is 2.77. The minimum Gasteiger partial charge on any atom is -0.482 e. The molecule has 0 saturated heterocycles. The molecule has 1 atom stereocenters. The van der Waals surface area contributed by atoms with Gasteiger partial charge in [0.05, 0.1) is 0 Å². The van der Waals surface area contributed by atoms with E-state index in [-0.39, 0.29) is 18.6 Å². The molecule has 3 rings (SSSR count). The van der Waals surface area contributed by atoms with E-state index in [1.165, 1.54) is 24.3 Å². The lowest BCUT2D eigenvalue weighted by atomic mass is 10.1. The summed E-state index contributed by atoms with van der Waals surface area (Å²) in [5.74, 6) is -1.07. The van der Waals surface area contributed by atoms with Crippen molar-refractivity contribution >= 4 is 11.9 Å². The molecule has 5 nitrogen and oxygen atoms in total. The summed E-state index contributed by atoms with van der Waals surface area (Å²) in [6.45, 7) is -0.369. The Balaban J connectivity index is 1.61. The average molecular weight is 343 g/mol. The second-order valence-electron chi connectivity index (χ2n) is 5.81. The molecule has 2 aromatic rings. The van der Waals surface area contributed by atoms with Crippen molar-refractivity contribution in [3.8, 4) is 5.75 Å². The lowest BCUT2D eigenvalue weighted by molar-refractivity contribution is -0.158. The Morgan fingerprint density at radius 1 is 1.08 bits per heavy atom. The molecule has 1 N–H and O–H groups in total. The number of benzene rings is 2. The standard InChI is InChI=1S/C19H18FNO4/c20-14-6-10-16(11-7-14)24-12-17(22)25-18(13-4-2-1-3-5-13)19(23)21-15-8-9-15/h1-7,10-11,15,18H,8-9,12H2,(H,21,23)/t18-/m0/s1. The van der Waals surface area contributed by atoms with Gasteiger partial charge in [0.15, 0.2) is 6.61 Å². The Morgan fingerprint density at radius 2 is 1.76 bits per heavy atom. The van der Waals surface area contributed by atoms with Crippen LogP contribution in [-0.2, 0) is 14.3 Å². The van der Waals surface area contributed by atoms with Gasteiger partial charge in [-0.15, -0.1) is 0 Å². The number of carbonyl (C=O) groups excluding carboxylic acids is 2. The lowest BCUT2D eigenvalue weighted by Crippen LogP contribution is -2.34. The first-order valence-electron chi connectivity index (χ1n) is 8.05. The van der Waals surface area contributed by atoms with Crippen LogP contribution in [0.1, 0.15) is 24.5 Å². The van der Waals surface area contributed by atoms with Gasteiger partial charge in [-0.3, -0.25) is 4.79 Å². The molecule has 0 spiro atoms. The largest absolute Gasteiger partial charge is 0.482 e. The van der Waals surface area contributed by atoms with E-state index in [2.05, 4.69) is 5.32 Å². The van der Waals surface area contributed by atoms with Crippen LogP contribution in [0.2, 0.25) is 0 Å². The molecule has 1 fully saturated rings. The maximum Gasteiger partial charge on any atom is 0.345 e. The minimum atomic E-state index is -1.02. The number of nitrogens with one attached hydrogen (secondary N) is 1. The van der Waals surface area contributed by atoms with Crippen molar-refractivity contribution in [2.75, 3.05) is 6.61 Å². The maximum atomic E-state index is 12.9. The third kappa shape index (κ3) is 5.04. The topological polar surface area (TPSA) is 64.6 Å². The van der Waals surface area contributed by atoms with Crippen molar-refractivity contribution in [3.05, 3.63) is 66.0 Å². The molecule has 0 bridgehead atoms. The first-order valence-corrected chi connectivity index (χ1v) is 8.05. The molecule has 1 aliphatic carbocycles. The normalized spacial score (nSPS) is 14.4. The molecular formula is C19H18FNO4. The van der Waals surface area contributed by atoms with E-state index in [0.29, 0.717) is 11.3 Å². The van der Waals surface area contributed by atoms with Gasteiger partial charge in [0, 0.05) is 11.6 Å². The molecule has 0 unspecified atom stereocenters. The number of amides is 1. The van der Waals surface area contributed by atoms with E-state index in [1.54, 1.807) is 24.3 Å². The highest BCUT2D eigenvalue weighted by atomic mass is 19.1. The first-order chi connectivity index (χ1) is 12.1. The van der Waals surface area contributed by atoms with Crippen LogP contribution in [0.5, 0.6) is 5.75 Å². The van der Waals surface area contributed by atoms with Crippen molar-refractivity contribution in [2.45, 2.75) is 25.0 Å². The third-order valence-electron chi connectivity index (χ3n) is 3.68. The average Bonchev–Trinajstić information content (AvgIpc) is 3.44. The summed E-state index contributed by atoms with van der Waals surface area (Å²) in [6.07, 6.45) is 0.857. The Morgan fingerprint density at radius 3 is 2.40 bits per heavy atom. The number of esters is 1. The van der Waals surface area contributed by atoms with E-state index in [1.807, 2.05) is 6.07 Å². The van der Waals surface area contributed by atoms with Gasteiger partial charge in [-0.1, -0.05) is 30.3 Å². The van der Waals surface area contributed by atoms with Gasteiger partial charge < -0.3 is 14.8 Å². The summed E-state index contributed by atoms with van der Waals surface area (Å²) < 4.78 is 23.4. The van der Waals surface area contributed by atoms with Gasteiger partial charge in [0.1, 0.15) is 11.6 Å². The van der Waals surface area contributed by atoms with Crippen LogP contribution < -0.4 is 10.1 Å². The van der Waals surface area contributed by atoms with E-state index >= 15 is 0 Å². The number of ether oxygens (including phenoxy) is 2. The molecule has 1 saturated carbocycles. The SMILES string of the molecule is O=C(COc1ccc(F)cc1)O[C@H](C(=O)NC1CC1)c1ccccc1. The van der Waals surface area contributed by atoms with Crippen LogP contribution >= 0.6 is 0 Å². The molecule has 25 heavy (non-hydrogen) atoms. The highest BCUT2D eigenvalue weighted by molar-refractivity contribution is 5.85. The maximum absolute atomic E-state index is 12.9. The van der Waals surface area contributed by atoms with Crippen LogP contribution in [0.4, 0.5) is 4.39 Å². The van der Waals surface area contributed by atoms with Crippen molar-refractivity contribution in [1.29, 1.82) is 0 Å². The van der Waals surface area contributed by atoms with Crippen LogP contribution in [-0.4, -0.2) is 24.5 Å². The van der Waals surface area contributed by atoms with E-state index in [9.17, 15) is 14.0 Å². The molecule has 130 valence electrons. The zero-order valence-electron chi connectivity index (χ0n) is 13.5. The zero-order valence-corrected chi connectivity index (χ0v) is 13.5. The van der Waals surface area contributed by atoms with Crippen LogP contribution in [0, 0.1) is 5.82 Å². The number of halogens is 1. The molecule has 6 heteroatoms. The van der Waals surface area contributed by atoms with Crippen molar-refractivity contribution in [2.24, 2.45) is 0 Å². The highest BCUT2D eigenvalue weighted by Crippen LogP contribution is 2.23. The zero-order chi connectivity index (χ0) is 17.6. The Kier molecular flexibility index (Phi) is 5.28. The molecule has 2 aromatic carbocycles. The van der Waals surface area contributed by atoms with Crippen molar-refractivity contribution in [3.63, 3.8) is 0 Å². The second kappa shape index (κ2) is 7.79. The monoisotopic (exact) mass is 343 g/mol. The fraction of sp³-hybridized carbons (Fsp3) is 0.263. The van der Waals surface area contributed by atoms with Crippen LogP contribution in [0.25, 0.3) is 0 Å². The number of carbonyl (C=O) groups is 2. The summed E-state index contributed by atoms with van der Waals surface area (Å²) in [7, 11) is 0. The summed E-state index contributed by atoms with van der Waals surface area (Å²) in [5, 5.41) is 2.84. The summed E-state index contributed by atoms with van der Waals surface area (Å²) in [5.41, 5.74) is 0.593. The number of hydrogen-bond acceptors (Lipinski definition) is 4.